The molecule has 4 aromatic rings. The topological polar surface area (TPSA) is 80.4 Å². The summed E-state index contributed by atoms with van der Waals surface area (Å²) in [5.41, 5.74) is 6.97. The number of aromatic hydroxyl groups is 1. The number of thiocarbonyl (C=S) groups is 1. The van der Waals surface area contributed by atoms with Crippen molar-refractivity contribution in [1.82, 2.24) is 15.8 Å². The van der Waals surface area contributed by atoms with Crippen molar-refractivity contribution in [2.45, 2.75) is 6.17 Å². The van der Waals surface area contributed by atoms with E-state index in [1.807, 2.05) is 30.3 Å². The Morgan fingerprint density at radius 3 is 2.59 bits per heavy atom. The number of anilines is 1. The molecule has 6 nitrogen and oxygen atoms in total. The van der Waals surface area contributed by atoms with Crippen LogP contribution in [0.3, 0.4) is 0 Å². The Morgan fingerprint density at radius 2 is 1.79 bits per heavy atom. The number of aromatic nitrogens is 1. The van der Waals surface area contributed by atoms with Crippen LogP contribution >= 0.6 is 23.8 Å². The SMILES string of the molecule is O=c1[nH]c2ccc3ccccc3c2c(O)c1C1NNC(=S)N1c1ccc(Cl)cc1. The van der Waals surface area contributed by atoms with E-state index in [4.69, 9.17) is 23.8 Å². The minimum Gasteiger partial charge on any atom is -0.507 e. The standard InChI is InChI=1S/C21H15ClN4O2S/c22-12-6-8-13(9-7-12)26-19(24-25-21(26)29)17-18(27)16-14-4-2-1-3-11(14)5-10-15(16)23-20(17)28/h1-10,19,24H,(H,25,29)(H2,23,27,28). The maximum atomic E-state index is 12.9. The van der Waals surface area contributed by atoms with Crippen molar-refractivity contribution < 1.29 is 5.11 Å². The van der Waals surface area contributed by atoms with Gasteiger partial charge in [0.15, 0.2) is 5.11 Å². The van der Waals surface area contributed by atoms with Crippen molar-refractivity contribution in [2.24, 2.45) is 0 Å². The fourth-order valence-corrected chi connectivity index (χ4v) is 4.15. The third-order valence-corrected chi connectivity index (χ3v) is 5.64. The van der Waals surface area contributed by atoms with Crippen molar-refractivity contribution in [2.75, 3.05) is 4.90 Å². The number of H-pyrrole nitrogens is 1. The predicted molar refractivity (Wildman–Crippen MR) is 119 cm³/mol. The van der Waals surface area contributed by atoms with E-state index in [1.54, 1.807) is 35.2 Å². The van der Waals surface area contributed by atoms with Crippen molar-refractivity contribution >= 4 is 56.3 Å². The highest BCUT2D eigenvalue weighted by Crippen LogP contribution is 2.37. The van der Waals surface area contributed by atoms with E-state index < -0.39 is 11.7 Å². The average molecular weight is 423 g/mol. The number of aromatic amines is 1. The molecule has 8 heteroatoms. The second-order valence-electron chi connectivity index (χ2n) is 6.75. The van der Waals surface area contributed by atoms with Crippen molar-refractivity contribution in [3.05, 3.63) is 81.6 Å². The summed E-state index contributed by atoms with van der Waals surface area (Å²) < 4.78 is 0. The molecule has 144 valence electrons. The zero-order chi connectivity index (χ0) is 20.1. The first kappa shape index (κ1) is 17.9. The molecule has 0 bridgehead atoms. The van der Waals surface area contributed by atoms with Gasteiger partial charge in [-0.2, -0.15) is 0 Å². The molecular formula is C21H15ClN4O2S. The van der Waals surface area contributed by atoms with Gasteiger partial charge in [-0.1, -0.05) is 41.9 Å². The number of pyridine rings is 1. The molecule has 0 amide bonds. The Bertz CT molecular complexity index is 1340. The van der Waals surface area contributed by atoms with Gasteiger partial charge in [-0.3, -0.25) is 15.1 Å². The largest absolute Gasteiger partial charge is 0.507 e. The lowest BCUT2D eigenvalue weighted by Gasteiger charge is -2.25. The Labute approximate surface area is 175 Å². The minimum atomic E-state index is -0.698. The van der Waals surface area contributed by atoms with E-state index in [9.17, 15) is 9.90 Å². The van der Waals surface area contributed by atoms with E-state index in [0.717, 1.165) is 16.5 Å². The molecule has 3 aromatic carbocycles. The molecule has 4 N–H and O–H groups in total. The van der Waals surface area contributed by atoms with Gasteiger partial charge in [0, 0.05) is 16.1 Å². The van der Waals surface area contributed by atoms with Gasteiger partial charge in [0.1, 0.15) is 11.9 Å². The average Bonchev–Trinajstić information content (AvgIpc) is 3.09. The Morgan fingerprint density at radius 1 is 1.03 bits per heavy atom. The lowest BCUT2D eigenvalue weighted by Crippen LogP contribution is -2.33. The number of rotatable bonds is 2. The molecule has 1 aliphatic heterocycles. The van der Waals surface area contributed by atoms with Crippen LogP contribution in [-0.4, -0.2) is 15.2 Å². The molecule has 0 saturated carbocycles. The zero-order valence-corrected chi connectivity index (χ0v) is 16.5. The lowest BCUT2D eigenvalue weighted by molar-refractivity contribution is 0.457. The zero-order valence-electron chi connectivity index (χ0n) is 14.9. The number of nitrogens with one attached hydrogen (secondary N) is 3. The molecule has 1 unspecified atom stereocenters. The summed E-state index contributed by atoms with van der Waals surface area (Å²) in [6, 6.07) is 18.5. The summed E-state index contributed by atoms with van der Waals surface area (Å²) in [5.74, 6) is -0.0801. The number of fused-ring (bicyclic) bond motifs is 3. The van der Waals surface area contributed by atoms with Gasteiger partial charge in [-0.15, -0.1) is 0 Å². The molecule has 0 radical (unpaired) electrons. The van der Waals surface area contributed by atoms with Crippen LogP contribution in [0.4, 0.5) is 5.69 Å². The van der Waals surface area contributed by atoms with Gasteiger partial charge >= 0.3 is 0 Å². The van der Waals surface area contributed by atoms with Crippen LogP contribution < -0.4 is 21.3 Å². The molecule has 29 heavy (non-hydrogen) atoms. The molecule has 2 heterocycles. The van der Waals surface area contributed by atoms with Crippen molar-refractivity contribution in [1.29, 1.82) is 0 Å². The highest BCUT2D eigenvalue weighted by atomic mass is 35.5. The van der Waals surface area contributed by atoms with Crippen LogP contribution in [0.1, 0.15) is 11.7 Å². The number of nitrogens with zero attached hydrogens (tertiary/aromatic N) is 1. The first-order chi connectivity index (χ1) is 14.0. The molecular weight excluding hydrogens is 408 g/mol. The highest BCUT2D eigenvalue weighted by molar-refractivity contribution is 7.80. The van der Waals surface area contributed by atoms with Crippen LogP contribution in [0.2, 0.25) is 5.02 Å². The maximum absolute atomic E-state index is 12.9. The van der Waals surface area contributed by atoms with Gasteiger partial charge in [-0.05, 0) is 53.3 Å². The minimum absolute atomic E-state index is 0.0801. The Hall–Kier alpha value is -3.13. The number of halogens is 1. The van der Waals surface area contributed by atoms with Gasteiger partial charge in [-0.25, -0.2) is 5.43 Å². The van der Waals surface area contributed by atoms with Crippen LogP contribution in [-0.2, 0) is 0 Å². The molecule has 0 aliphatic carbocycles. The fraction of sp³-hybridized carbons (Fsp3) is 0.0476. The normalized spacial score (nSPS) is 16.5. The predicted octanol–water partition coefficient (Wildman–Crippen LogP) is 3.94. The number of hydrogen-bond acceptors (Lipinski definition) is 4. The number of hydrazine groups is 1. The Kier molecular flexibility index (Phi) is 4.16. The summed E-state index contributed by atoms with van der Waals surface area (Å²) >= 11 is 11.4. The third-order valence-electron chi connectivity index (χ3n) is 5.08. The van der Waals surface area contributed by atoms with Gasteiger partial charge in [0.2, 0.25) is 0 Å². The van der Waals surface area contributed by atoms with Gasteiger partial charge < -0.3 is 10.1 Å². The molecule has 1 saturated heterocycles. The first-order valence-corrected chi connectivity index (χ1v) is 9.70. The maximum Gasteiger partial charge on any atom is 0.258 e. The van der Waals surface area contributed by atoms with E-state index in [-0.39, 0.29) is 11.3 Å². The summed E-state index contributed by atoms with van der Waals surface area (Å²) in [7, 11) is 0. The van der Waals surface area contributed by atoms with Gasteiger partial charge in [0.05, 0.1) is 11.1 Å². The lowest BCUT2D eigenvalue weighted by atomic mass is 10.0. The Balaban J connectivity index is 1.75. The van der Waals surface area contributed by atoms with E-state index >= 15 is 0 Å². The van der Waals surface area contributed by atoms with Crippen LogP contribution in [0.5, 0.6) is 5.75 Å². The number of hydrogen-bond donors (Lipinski definition) is 4. The summed E-state index contributed by atoms with van der Waals surface area (Å²) in [5, 5.41) is 14.6. The molecule has 0 spiro atoms. The second-order valence-corrected chi connectivity index (χ2v) is 7.57. The monoisotopic (exact) mass is 422 g/mol. The summed E-state index contributed by atoms with van der Waals surface area (Å²) in [6.07, 6.45) is -0.698. The summed E-state index contributed by atoms with van der Waals surface area (Å²) in [6.45, 7) is 0. The van der Waals surface area contributed by atoms with E-state index in [1.165, 1.54) is 0 Å². The molecule has 1 fully saturated rings. The van der Waals surface area contributed by atoms with Crippen LogP contribution in [0, 0.1) is 0 Å². The van der Waals surface area contributed by atoms with Crippen LogP contribution in [0.25, 0.3) is 21.7 Å². The number of benzene rings is 3. The van der Waals surface area contributed by atoms with Crippen molar-refractivity contribution in [3.8, 4) is 5.75 Å². The van der Waals surface area contributed by atoms with Gasteiger partial charge in [0.25, 0.3) is 5.56 Å². The quantitative estimate of drug-likeness (QED) is 0.289. The van der Waals surface area contributed by atoms with E-state index in [0.29, 0.717) is 21.0 Å². The van der Waals surface area contributed by atoms with Crippen molar-refractivity contribution in [3.63, 3.8) is 0 Å². The molecule has 1 atom stereocenters. The third kappa shape index (κ3) is 2.82. The van der Waals surface area contributed by atoms with Crippen LogP contribution in [0.15, 0.2) is 65.5 Å². The van der Waals surface area contributed by atoms with E-state index in [2.05, 4.69) is 15.8 Å². The first-order valence-electron chi connectivity index (χ1n) is 8.91. The molecule has 1 aromatic heterocycles. The molecule has 5 rings (SSSR count). The summed E-state index contributed by atoms with van der Waals surface area (Å²) in [4.78, 5) is 17.6. The highest BCUT2D eigenvalue weighted by Gasteiger charge is 2.35. The second kappa shape index (κ2) is 6.73. The smallest absolute Gasteiger partial charge is 0.258 e. The molecule has 1 aliphatic rings. The fourth-order valence-electron chi connectivity index (χ4n) is 3.76.